The Balaban J connectivity index is 1.98. The van der Waals surface area contributed by atoms with E-state index in [-0.39, 0.29) is 5.91 Å². The van der Waals surface area contributed by atoms with Crippen LogP contribution in [-0.2, 0) is 0 Å². The Morgan fingerprint density at radius 3 is 2.93 bits per heavy atom. The molecule has 4 heteroatoms. The van der Waals surface area contributed by atoms with E-state index in [1.54, 1.807) is 0 Å². The monoisotopic (exact) mass is 273 g/mol. The van der Waals surface area contributed by atoms with Gasteiger partial charge in [0, 0.05) is 10.5 Å². The standard InChI is InChI=1S/C10H12BrNOS/c1-6(7-2-3-7)12-10(13)9-8(11)4-5-14-9/h4-7H,2-3H2,1H3,(H,12,13). The molecule has 0 spiro atoms. The molecule has 1 N–H and O–H groups in total. The zero-order valence-corrected chi connectivity index (χ0v) is 10.3. The van der Waals surface area contributed by atoms with E-state index in [1.165, 1.54) is 24.2 Å². The Labute approximate surface area is 95.8 Å². The highest BCUT2D eigenvalue weighted by Gasteiger charge is 2.29. The van der Waals surface area contributed by atoms with Crippen molar-refractivity contribution in [3.8, 4) is 0 Å². The third-order valence-corrected chi connectivity index (χ3v) is 4.35. The number of thiophene rings is 1. The first kappa shape index (κ1) is 10.2. The van der Waals surface area contributed by atoms with E-state index in [0.717, 1.165) is 9.35 Å². The highest BCUT2D eigenvalue weighted by molar-refractivity contribution is 9.10. The minimum atomic E-state index is 0.0475. The number of halogens is 1. The Hall–Kier alpha value is -0.350. The van der Waals surface area contributed by atoms with Crippen molar-refractivity contribution in [2.45, 2.75) is 25.8 Å². The van der Waals surface area contributed by atoms with E-state index in [2.05, 4.69) is 28.2 Å². The molecule has 1 aromatic heterocycles. The summed E-state index contributed by atoms with van der Waals surface area (Å²) in [4.78, 5) is 12.5. The van der Waals surface area contributed by atoms with Gasteiger partial charge in [0.05, 0.1) is 0 Å². The van der Waals surface area contributed by atoms with Crippen LogP contribution in [0.2, 0.25) is 0 Å². The molecule has 0 aromatic carbocycles. The summed E-state index contributed by atoms with van der Waals surface area (Å²) in [7, 11) is 0. The second kappa shape index (κ2) is 4.03. The summed E-state index contributed by atoms with van der Waals surface area (Å²) in [6.07, 6.45) is 2.51. The fourth-order valence-corrected chi connectivity index (χ4v) is 2.90. The number of amides is 1. The van der Waals surface area contributed by atoms with Crippen LogP contribution in [0, 0.1) is 5.92 Å². The van der Waals surface area contributed by atoms with Crippen LogP contribution in [0.1, 0.15) is 29.4 Å². The molecule has 1 unspecified atom stereocenters. The van der Waals surface area contributed by atoms with Crippen LogP contribution in [0.5, 0.6) is 0 Å². The SMILES string of the molecule is CC(NC(=O)c1sccc1Br)C1CC1. The molecule has 0 saturated heterocycles. The average Bonchev–Trinajstić information content (AvgIpc) is 2.89. The van der Waals surface area contributed by atoms with Crippen molar-refractivity contribution in [1.82, 2.24) is 5.32 Å². The van der Waals surface area contributed by atoms with E-state index < -0.39 is 0 Å². The molecule has 1 atom stereocenters. The first-order valence-electron chi connectivity index (χ1n) is 4.72. The molecule has 2 nitrogen and oxygen atoms in total. The molecule has 1 aliphatic rings. The molecule has 2 rings (SSSR count). The first-order chi connectivity index (χ1) is 6.68. The summed E-state index contributed by atoms with van der Waals surface area (Å²) >= 11 is 4.83. The predicted octanol–water partition coefficient (Wildman–Crippen LogP) is 3.04. The van der Waals surface area contributed by atoms with Gasteiger partial charge in [0.15, 0.2) is 0 Å². The zero-order chi connectivity index (χ0) is 10.1. The van der Waals surface area contributed by atoms with Crippen molar-refractivity contribution in [2.24, 2.45) is 5.92 Å². The molecule has 0 aliphatic heterocycles. The molecule has 76 valence electrons. The van der Waals surface area contributed by atoms with Crippen molar-refractivity contribution in [2.75, 3.05) is 0 Å². The Morgan fingerprint density at radius 2 is 2.43 bits per heavy atom. The Morgan fingerprint density at radius 1 is 1.71 bits per heavy atom. The maximum absolute atomic E-state index is 11.7. The highest BCUT2D eigenvalue weighted by Crippen LogP contribution is 2.32. The minimum absolute atomic E-state index is 0.0475. The molecule has 1 fully saturated rings. The summed E-state index contributed by atoms with van der Waals surface area (Å²) < 4.78 is 0.892. The molecule has 1 heterocycles. The molecule has 1 aromatic rings. The van der Waals surface area contributed by atoms with Gasteiger partial charge in [-0.3, -0.25) is 4.79 Å². The van der Waals surface area contributed by atoms with Crippen LogP contribution < -0.4 is 5.32 Å². The molecular formula is C10H12BrNOS. The molecule has 1 saturated carbocycles. The van der Waals surface area contributed by atoms with Gasteiger partial charge in [0.25, 0.3) is 5.91 Å². The second-order valence-corrected chi connectivity index (χ2v) is 5.47. The minimum Gasteiger partial charge on any atom is -0.349 e. The van der Waals surface area contributed by atoms with Gasteiger partial charge in [-0.25, -0.2) is 0 Å². The highest BCUT2D eigenvalue weighted by atomic mass is 79.9. The van der Waals surface area contributed by atoms with E-state index in [4.69, 9.17) is 0 Å². The molecule has 0 radical (unpaired) electrons. The van der Waals surface area contributed by atoms with Gasteiger partial charge in [-0.1, -0.05) is 0 Å². The van der Waals surface area contributed by atoms with E-state index in [0.29, 0.717) is 12.0 Å². The number of rotatable bonds is 3. The number of hydrogen-bond donors (Lipinski definition) is 1. The molecular weight excluding hydrogens is 262 g/mol. The van der Waals surface area contributed by atoms with Crippen LogP contribution in [0.4, 0.5) is 0 Å². The van der Waals surface area contributed by atoms with Crippen LogP contribution in [0.15, 0.2) is 15.9 Å². The fourth-order valence-electron chi connectivity index (χ4n) is 1.44. The lowest BCUT2D eigenvalue weighted by atomic mass is 10.2. The van der Waals surface area contributed by atoms with Gasteiger partial charge >= 0.3 is 0 Å². The largest absolute Gasteiger partial charge is 0.349 e. The number of hydrogen-bond acceptors (Lipinski definition) is 2. The van der Waals surface area contributed by atoms with Gasteiger partial charge in [-0.2, -0.15) is 0 Å². The first-order valence-corrected chi connectivity index (χ1v) is 6.39. The fraction of sp³-hybridized carbons (Fsp3) is 0.500. The maximum atomic E-state index is 11.7. The summed E-state index contributed by atoms with van der Waals surface area (Å²) in [6, 6.07) is 2.22. The molecule has 1 amide bonds. The summed E-state index contributed by atoms with van der Waals surface area (Å²) in [6.45, 7) is 2.08. The maximum Gasteiger partial charge on any atom is 0.262 e. The predicted molar refractivity (Wildman–Crippen MR) is 61.7 cm³/mol. The smallest absolute Gasteiger partial charge is 0.262 e. The van der Waals surface area contributed by atoms with Crippen LogP contribution in [0.25, 0.3) is 0 Å². The van der Waals surface area contributed by atoms with E-state index in [9.17, 15) is 4.79 Å². The van der Waals surface area contributed by atoms with Gasteiger partial charge in [0.2, 0.25) is 0 Å². The lowest BCUT2D eigenvalue weighted by Gasteiger charge is -2.11. The van der Waals surface area contributed by atoms with Gasteiger partial charge < -0.3 is 5.32 Å². The Bertz CT molecular complexity index is 346. The third kappa shape index (κ3) is 2.17. The van der Waals surface area contributed by atoms with Crippen molar-refractivity contribution < 1.29 is 4.79 Å². The second-order valence-electron chi connectivity index (χ2n) is 3.70. The van der Waals surface area contributed by atoms with Crippen molar-refractivity contribution in [3.63, 3.8) is 0 Å². The van der Waals surface area contributed by atoms with Crippen molar-refractivity contribution >= 4 is 33.2 Å². The van der Waals surface area contributed by atoms with Crippen molar-refractivity contribution in [3.05, 3.63) is 20.8 Å². The number of nitrogens with one attached hydrogen (secondary N) is 1. The normalized spacial score (nSPS) is 17.9. The van der Waals surface area contributed by atoms with Crippen LogP contribution in [-0.4, -0.2) is 11.9 Å². The van der Waals surface area contributed by atoms with E-state index >= 15 is 0 Å². The summed E-state index contributed by atoms with van der Waals surface area (Å²) in [5.41, 5.74) is 0. The summed E-state index contributed by atoms with van der Waals surface area (Å²) in [5, 5.41) is 4.94. The lowest BCUT2D eigenvalue weighted by molar-refractivity contribution is 0.0939. The lowest BCUT2D eigenvalue weighted by Crippen LogP contribution is -2.33. The van der Waals surface area contributed by atoms with Crippen molar-refractivity contribution in [1.29, 1.82) is 0 Å². The van der Waals surface area contributed by atoms with Gasteiger partial charge in [0.1, 0.15) is 4.88 Å². The van der Waals surface area contributed by atoms with Gasteiger partial charge in [-0.05, 0) is 53.1 Å². The molecule has 1 aliphatic carbocycles. The van der Waals surface area contributed by atoms with Crippen LogP contribution >= 0.6 is 27.3 Å². The quantitative estimate of drug-likeness (QED) is 0.901. The van der Waals surface area contributed by atoms with E-state index in [1.807, 2.05) is 11.4 Å². The summed E-state index contributed by atoms with van der Waals surface area (Å²) in [5.74, 6) is 0.754. The van der Waals surface area contributed by atoms with Crippen LogP contribution in [0.3, 0.4) is 0 Å². The van der Waals surface area contributed by atoms with Gasteiger partial charge in [-0.15, -0.1) is 11.3 Å². The number of carbonyl (C=O) groups is 1. The third-order valence-electron chi connectivity index (χ3n) is 2.51. The average molecular weight is 274 g/mol. The number of carbonyl (C=O) groups excluding carboxylic acids is 1. The molecule has 14 heavy (non-hydrogen) atoms. The topological polar surface area (TPSA) is 29.1 Å². The zero-order valence-electron chi connectivity index (χ0n) is 7.92. The Kier molecular flexibility index (Phi) is 2.93. The molecule has 0 bridgehead atoms.